The van der Waals surface area contributed by atoms with Crippen LogP contribution in [0.2, 0.25) is 0 Å². The molecule has 0 spiro atoms. The van der Waals surface area contributed by atoms with Crippen LogP contribution in [-0.4, -0.2) is 22.9 Å². The minimum Gasteiger partial charge on any atom is -0.267 e. The van der Waals surface area contributed by atoms with E-state index in [9.17, 15) is 18.4 Å². The van der Waals surface area contributed by atoms with Gasteiger partial charge in [0.1, 0.15) is 11.6 Å². The molecule has 1 atom stereocenters. The molecule has 30 heavy (non-hydrogen) atoms. The Bertz CT molecular complexity index is 895. The summed E-state index contributed by atoms with van der Waals surface area (Å²) in [6, 6.07) is 7.77. The van der Waals surface area contributed by atoms with Crippen LogP contribution in [0.5, 0.6) is 0 Å². The Morgan fingerprint density at radius 1 is 0.933 bits per heavy atom. The Labute approximate surface area is 177 Å². The van der Waals surface area contributed by atoms with E-state index in [0.717, 1.165) is 29.7 Å². The highest BCUT2D eigenvalue weighted by Crippen LogP contribution is 2.29. The van der Waals surface area contributed by atoms with Gasteiger partial charge in [-0.3, -0.25) is 15.0 Å². The highest BCUT2D eigenvalue weighted by Gasteiger charge is 2.35. The van der Waals surface area contributed by atoms with Crippen LogP contribution in [0.1, 0.15) is 72.4 Å². The Kier molecular flexibility index (Phi) is 7.34. The molecule has 2 aromatic carbocycles. The van der Waals surface area contributed by atoms with E-state index < -0.39 is 17.5 Å². The molecule has 162 valence electrons. The fourth-order valence-electron chi connectivity index (χ4n) is 3.59. The number of carbonyl (C=O) groups is 2. The van der Waals surface area contributed by atoms with Gasteiger partial charge >= 0.3 is 0 Å². The Morgan fingerprint density at radius 2 is 1.47 bits per heavy atom. The van der Waals surface area contributed by atoms with Crippen LogP contribution in [0.3, 0.4) is 0 Å². The molecule has 0 aromatic heterocycles. The first-order chi connectivity index (χ1) is 13.9. The molecule has 1 N–H and O–H groups in total. The molecule has 6 heteroatoms. The lowest BCUT2D eigenvalue weighted by atomic mass is 9.83. The van der Waals surface area contributed by atoms with Gasteiger partial charge in [-0.05, 0) is 49.9 Å². The van der Waals surface area contributed by atoms with E-state index >= 15 is 0 Å². The second kappa shape index (κ2) is 9.37. The first kappa shape index (κ1) is 23.5. The molecule has 2 amide bonds. The van der Waals surface area contributed by atoms with Gasteiger partial charge in [0.05, 0.1) is 6.04 Å². The molecule has 2 aromatic rings. The van der Waals surface area contributed by atoms with E-state index in [2.05, 4.69) is 5.43 Å². The molecular formula is C24H30F2N2O2. The van der Waals surface area contributed by atoms with Crippen LogP contribution < -0.4 is 5.43 Å². The summed E-state index contributed by atoms with van der Waals surface area (Å²) in [6.07, 6.45) is 1.45. The van der Waals surface area contributed by atoms with Crippen molar-refractivity contribution >= 4 is 11.8 Å². The number of carbonyl (C=O) groups excluding carboxylic acids is 2. The Morgan fingerprint density at radius 3 is 1.93 bits per heavy atom. The van der Waals surface area contributed by atoms with E-state index in [1.807, 2.05) is 47.6 Å². The average molecular weight is 417 g/mol. The van der Waals surface area contributed by atoms with Gasteiger partial charge in [0.2, 0.25) is 0 Å². The molecule has 0 aliphatic rings. The maximum Gasteiger partial charge on any atom is 0.272 e. The van der Waals surface area contributed by atoms with E-state index in [1.165, 1.54) is 5.01 Å². The second-order valence-corrected chi connectivity index (χ2v) is 8.82. The standard InChI is InChI=1S/C24H30F2N2O2/c1-7-8-21(24(4,5)6)28(23(30)18-10-15(2)9-16(3)11-18)27-22(29)17-12-19(25)14-20(26)13-17/h9-14,21H,7-8H2,1-6H3,(H,27,29)/t21-/m1/s1. The number of nitrogens with zero attached hydrogens (tertiary/aromatic N) is 1. The molecule has 0 bridgehead atoms. The summed E-state index contributed by atoms with van der Waals surface area (Å²) in [5.74, 6) is -2.81. The maximum absolute atomic E-state index is 13.6. The van der Waals surface area contributed by atoms with Crippen molar-refractivity contribution in [2.45, 2.75) is 60.4 Å². The van der Waals surface area contributed by atoms with Crippen LogP contribution in [0, 0.1) is 30.9 Å². The quantitative estimate of drug-likeness (QED) is 0.647. The predicted octanol–water partition coefficient (Wildman–Crippen LogP) is 5.58. The molecule has 0 fully saturated rings. The van der Waals surface area contributed by atoms with Crippen molar-refractivity contribution in [2.75, 3.05) is 0 Å². The highest BCUT2D eigenvalue weighted by molar-refractivity contribution is 5.99. The number of aryl methyl sites for hydroxylation is 2. The molecule has 0 unspecified atom stereocenters. The van der Waals surface area contributed by atoms with Crippen LogP contribution in [0.4, 0.5) is 8.78 Å². The van der Waals surface area contributed by atoms with Crippen molar-refractivity contribution in [3.63, 3.8) is 0 Å². The molecule has 0 radical (unpaired) electrons. The first-order valence-corrected chi connectivity index (χ1v) is 10.1. The van der Waals surface area contributed by atoms with Gasteiger partial charge in [-0.1, -0.05) is 51.3 Å². The van der Waals surface area contributed by atoms with Crippen molar-refractivity contribution in [3.05, 3.63) is 70.3 Å². The number of benzene rings is 2. The summed E-state index contributed by atoms with van der Waals surface area (Å²) >= 11 is 0. The van der Waals surface area contributed by atoms with Crippen LogP contribution in [-0.2, 0) is 0 Å². The number of hydrogen-bond donors (Lipinski definition) is 1. The van der Waals surface area contributed by atoms with Gasteiger partial charge in [0, 0.05) is 17.2 Å². The Hall–Kier alpha value is -2.76. The minimum atomic E-state index is -0.853. The fraction of sp³-hybridized carbons (Fsp3) is 0.417. The van der Waals surface area contributed by atoms with Crippen molar-refractivity contribution < 1.29 is 18.4 Å². The second-order valence-electron chi connectivity index (χ2n) is 8.82. The summed E-state index contributed by atoms with van der Waals surface area (Å²) in [7, 11) is 0. The largest absolute Gasteiger partial charge is 0.272 e. The topological polar surface area (TPSA) is 49.4 Å². The molecule has 0 aliphatic carbocycles. The SMILES string of the molecule is CCC[C@@H](N(NC(=O)c1cc(F)cc(F)c1)C(=O)c1cc(C)cc(C)c1)C(C)(C)C. The van der Waals surface area contributed by atoms with Crippen LogP contribution in [0.25, 0.3) is 0 Å². The number of hydrogen-bond acceptors (Lipinski definition) is 2. The van der Waals surface area contributed by atoms with Crippen molar-refractivity contribution in [1.82, 2.24) is 10.4 Å². The van der Waals surface area contributed by atoms with Gasteiger partial charge in [-0.2, -0.15) is 0 Å². The summed E-state index contributed by atoms with van der Waals surface area (Å²) < 4.78 is 27.2. The summed E-state index contributed by atoms with van der Waals surface area (Å²) in [5.41, 5.74) is 4.41. The molecule has 4 nitrogen and oxygen atoms in total. The minimum absolute atomic E-state index is 0.185. The van der Waals surface area contributed by atoms with E-state index in [0.29, 0.717) is 18.1 Å². The molecule has 0 heterocycles. The first-order valence-electron chi connectivity index (χ1n) is 10.1. The van der Waals surface area contributed by atoms with E-state index in [4.69, 9.17) is 0 Å². The normalized spacial score (nSPS) is 12.4. The maximum atomic E-state index is 13.6. The number of amides is 2. The van der Waals surface area contributed by atoms with Crippen molar-refractivity contribution in [3.8, 4) is 0 Å². The number of rotatable bonds is 5. The molecule has 0 saturated carbocycles. The molecular weight excluding hydrogens is 386 g/mol. The van der Waals surface area contributed by atoms with Gasteiger partial charge in [-0.25, -0.2) is 13.8 Å². The molecule has 2 rings (SSSR count). The van der Waals surface area contributed by atoms with Gasteiger partial charge in [-0.15, -0.1) is 0 Å². The van der Waals surface area contributed by atoms with Crippen LogP contribution >= 0.6 is 0 Å². The number of halogens is 2. The van der Waals surface area contributed by atoms with Gasteiger partial charge in [0.15, 0.2) is 0 Å². The van der Waals surface area contributed by atoms with E-state index in [1.54, 1.807) is 12.1 Å². The third-order valence-electron chi connectivity index (χ3n) is 4.91. The van der Waals surface area contributed by atoms with Crippen molar-refractivity contribution in [1.29, 1.82) is 0 Å². The summed E-state index contributed by atoms with van der Waals surface area (Å²) in [5, 5.41) is 1.32. The third-order valence-corrected chi connectivity index (χ3v) is 4.91. The summed E-state index contributed by atoms with van der Waals surface area (Å²) in [6.45, 7) is 11.8. The van der Waals surface area contributed by atoms with Gasteiger partial charge in [0.25, 0.3) is 11.8 Å². The zero-order chi connectivity index (χ0) is 22.6. The number of hydrazine groups is 1. The Balaban J connectivity index is 2.49. The van der Waals surface area contributed by atoms with E-state index in [-0.39, 0.29) is 22.9 Å². The van der Waals surface area contributed by atoms with Gasteiger partial charge < -0.3 is 0 Å². The molecule has 0 aliphatic heterocycles. The zero-order valence-electron chi connectivity index (χ0n) is 18.5. The predicted molar refractivity (Wildman–Crippen MR) is 114 cm³/mol. The monoisotopic (exact) mass is 416 g/mol. The van der Waals surface area contributed by atoms with Crippen molar-refractivity contribution in [2.24, 2.45) is 5.41 Å². The lowest BCUT2D eigenvalue weighted by molar-refractivity contribution is 0.0271. The van der Waals surface area contributed by atoms with Crippen LogP contribution in [0.15, 0.2) is 36.4 Å². The lowest BCUT2D eigenvalue weighted by Crippen LogP contribution is -2.56. The number of nitrogens with one attached hydrogen (secondary N) is 1. The lowest BCUT2D eigenvalue weighted by Gasteiger charge is -2.40. The third kappa shape index (κ3) is 5.88. The molecule has 0 saturated heterocycles. The highest BCUT2D eigenvalue weighted by atomic mass is 19.1. The summed E-state index contributed by atoms with van der Waals surface area (Å²) in [4.78, 5) is 26.3. The smallest absolute Gasteiger partial charge is 0.267 e. The average Bonchev–Trinajstić information content (AvgIpc) is 2.61. The fourth-order valence-corrected chi connectivity index (χ4v) is 3.59. The zero-order valence-corrected chi connectivity index (χ0v) is 18.5.